The van der Waals surface area contributed by atoms with Gasteiger partial charge in [-0.25, -0.2) is 9.79 Å². The van der Waals surface area contributed by atoms with Gasteiger partial charge in [0.1, 0.15) is 11.4 Å². The number of benzene rings is 1. The second-order valence-electron chi connectivity index (χ2n) is 12.3. The Labute approximate surface area is 262 Å². The molecule has 0 spiro atoms. The summed E-state index contributed by atoms with van der Waals surface area (Å²) in [5.74, 6) is -0.241. The molecule has 1 aliphatic rings. The standard InChI is InChI=1S/C32H44F3N5O3S/c1-31(2,3)43-30(42)37-15-8-6-7-9-25-19-26-27(44-25)17-24(18-28(36)38-26)29(41)40(16-14-32(33,34)35)21-23-12-10-22(11-13-23)20-39(4)5/h10-13,17,19H,6-9,14-16,18,20-21H2,1-5H3,(H2,36,38)(H,37,42). The molecule has 0 aliphatic carbocycles. The number of carbonyl (C=O) groups excluding carboxylic acids is 2. The smallest absolute Gasteiger partial charge is 0.407 e. The number of alkyl carbamates (subject to hydrolysis) is 1. The van der Waals surface area contributed by atoms with Gasteiger partial charge in [-0.2, -0.15) is 13.2 Å². The fourth-order valence-electron chi connectivity index (χ4n) is 4.66. The number of unbranched alkanes of at least 4 members (excludes halogenated alkanes) is 2. The van der Waals surface area contributed by atoms with Crippen LogP contribution in [0.3, 0.4) is 0 Å². The highest BCUT2D eigenvalue weighted by Crippen LogP contribution is 2.36. The lowest BCUT2D eigenvalue weighted by Crippen LogP contribution is -2.35. The van der Waals surface area contributed by atoms with Gasteiger partial charge in [-0.3, -0.25) is 4.79 Å². The highest BCUT2D eigenvalue weighted by Gasteiger charge is 2.30. The van der Waals surface area contributed by atoms with Crippen molar-refractivity contribution in [1.82, 2.24) is 15.1 Å². The van der Waals surface area contributed by atoms with Crippen LogP contribution in [0.1, 0.15) is 73.8 Å². The second-order valence-corrected chi connectivity index (χ2v) is 13.5. The van der Waals surface area contributed by atoms with Crippen molar-refractivity contribution in [3.05, 3.63) is 56.8 Å². The molecule has 12 heteroatoms. The zero-order valence-electron chi connectivity index (χ0n) is 26.2. The fourth-order valence-corrected chi connectivity index (χ4v) is 5.76. The number of nitrogens with one attached hydrogen (secondary N) is 1. The maximum Gasteiger partial charge on any atom is 0.407 e. The molecule has 1 aliphatic heterocycles. The minimum atomic E-state index is -4.39. The topological polar surface area (TPSA) is 100 Å². The van der Waals surface area contributed by atoms with E-state index in [1.807, 2.05) is 70.1 Å². The molecule has 3 rings (SSSR count). The monoisotopic (exact) mass is 635 g/mol. The van der Waals surface area contributed by atoms with E-state index in [0.29, 0.717) is 17.8 Å². The first-order chi connectivity index (χ1) is 20.6. The summed E-state index contributed by atoms with van der Waals surface area (Å²) in [6, 6.07) is 9.50. The summed E-state index contributed by atoms with van der Waals surface area (Å²) in [6.07, 6.45) is -0.758. The van der Waals surface area contributed by atoms with Gasteiger partial charge in [0, 0.05) is 43.1 Å². The Morgan fingerprint density at radius 3 is 2.32 bits per heavy atom. The van der Waals surface area contributed by atoms with Crippen molar-refractivity contribution >= 4 is 40.9 Å². The van der Waals surface area contributed by atoms with Crippen LogP contribution in [-0.4, -0.2) is 66.6 Å². The first kappa shape index (κ1) is 35.1. The molecule has 2 heterocycles. The van der Waals surface area contributed by atoms with Crippen molar-refractivity contribution < 1.29 is 27.5 Å². The van der Waals surface area contributed by atoms with E-state index >= 15 is 0 Å². The van der Waals surface area contributed by atoms with Crippen LogP contribution in [0.5, 0.6) is 0 Å². The predicted molar refractivity (Wildman–Crippen MR) is 170 cm³/mol. The molecule has 0 fully saturated rings. The molecule has 44 heavy (non-hydrogen) atoms. The van der Waals surface area contributed by atoms with E-state index in [4.69, 9.17) is 10.5 Å². The molecule has 1 aromatic heterocycles. The number of thiophene rings is 1. The molecule has 8 nitrogen and oxygen atoms in total. The average Bonchev–Trinajstić information content (AvgIpc) is 3.19. The summed E-state index contributed by atoms with van der Waals surface area (Å²) in [5.41, 5.74) is 8.43. The van der Waals surface area contributed by atoms with Gasteiger partial charge in [0.25, 0.3) is 5.91 Å². The third-order valence-corrected chi connectivity index (χ3v) is 7.75. The van der Waals surface area contributed by atoms with Gasteiger partial charge in [-0.15, -0.1) is 11.3 Å². The van der Waals surface area contributed by atoms with E-state index in [-0.39, 0.29) is 18.8 Å². The van der Waals surface area contributed by atoms with Gasteiger partial charge in [-0.05, 0) is 77.4 Å². The molecule has 0 saturated heterocycles. The summed E-state index contributed by atoms with van der Waals surface area (Å²) < 4.78 is 44.9. The number of nitrogens with two attached hydrogens (primary N) is 1. The number of amides is 2. The predicted octanol–water partition coefficient (Wildman–Crippen LogP) is 6.80. The van der Waals surface area contributed by atoms with Crippen molar-refractivity contribution in [3.8, 4) is 0 Å². The molecule has 0 atom stereocenters. The van der Waals surface area contributed by atoms with Gasteiger partial charge in [0.15, 0.2) is 0 Å². The van der Waals surface area contributed by atoms with Crippen LogP contribution in [0.2, 0.25) is 0 Å². The molecule has 2 amide bonds. The molecule has 0 bridgehead atoms. The third kappa shape index (κ3) is 12.3. The Morgan fingerprint density at radius 2 is 1.70 bits per heavy atom. The molecule has 0 unspecified atom stereocenters. The molecule has 0 radical (unpaired) electrons. The van der Waals surface area contributed by atoms with E-state index in [1.54, 1.807) is 6.08 Å². The minimum Gasteiger partial charge on any atom is -0.444 e. The van der Waals surface area contributed by atoms with Crippen LogP contribution in [-0.2, 0) is 29.0 Å². The quantitative estimate of drug-likeness (QED) is 0.236. The van der Waals surface area contributed by atoms with Crippen molar-refractivity contribution in [2.45, 2.75) is 84.2 Å². The van der Waals surface area contributed by atoms with E-state index in [9.17, 15) is 22.8 Å². The normalized spacial score (nSPS) is 13.6. The van der Waals surface area contributed by atoms with Crippen molar-refractivity contribution in [2.75, 3.05) is 27.2 Å². The first-order valence-electron chi connectivity index (χ1n) is 14.8. The number of aliphatic imine (C=N–C) groups is 1. The zero-order chi connectivity index (χ0) is 32.5. The van der Waals surface area contributed by atoms with E-state index in [2.05, 4.69) is 10.3 Å². The number of hydrogen-bond acceptors (Lipinski definition) is 7. The lowest BCUT2D eigenvalue weighted by Gasteiger charge is -2.25. The number of nitrogens with zero attached hydrogens (tertiary/aromatic N) is 3. The van der Waals surface area contributed by atoms with Crippen molar-refractivity contribution in [1.29, 1.82) is 0 Å². The summed E-state index contributed by atoms with van der Waals surface area (Å²) in [5, 5.41) is 2.76. The molecular weight excluding hydrogens is 591 g/mol. The molecule has 242 valence electrons. The van der Waals surface area contributed by atoms with Crippen LogP contribution < -0.4 is 11.1 Å². The average molecular weight is 636 g/mol. The summed E-state index contributed by atoms with van der Waals surface area (Å²) in [4.78, 5) is 35.1. The minimum absolute atomic E-state index is 0.0525. The van der Waals surface area contributed by atoms with Gasteiger partial charge >= 0.3 is 12.3 Å². The third-order valence-electron chi connectivity index (χ3n) is 6.62. The maximum atomic E-state index is 13.7. The van der Waals surface area contributed by atoms with E-state index in [1.165, 1.54) is 16.2 Å². The SMILES string of the molecule is CN(C)Cc1ccc(CN(CCC(F)(F)F)C(=O)C2=Cc3sc(CCCCCNC(=O)OC(C)(C)C)cc3N=C(N)C2)cc1. The Hall–Kier alpha value is -3.38. The lowest BCUT2D eigenvalue weighted by atomic mass is 10.1. The molecular formula is C32H44F3N5O3S. The van der Waals surface area contributed by atoms with Crippen LogP contribution in [0.15, 0.2) is 40.9 Å². The summed E-state index contributed by atoms with van der Waals surface area (Å²) >= 11 is 1.50. The number of aryl methyl sites for hydroxylation is 1. The Balaban J connectivity index is 1.66. The number of rotatable bonds is 13. The Morgan fingerprint density at radius 1 is 1.05 bits per heavy atom. The number of alkyl halides is 3. The highest BCUT2D eigenvalue weighted by atomic mass is 32.1. The molecule has 1 aromatic carbocycles. The molecule has 2 aromatic rings. The largest absolute Gasteiger partial charge is 0.444 e. The van der Waals surface area contributed by atoms with E-state index in [0.717, 1.165) is 53.1 Å². The van der Waals surface area contributed by atoms with Gasteiger partial charge in [0.2, 0.25) is 0 Å². The summed E-state index contributed by atoms with van der Waals surface area (Å²) in [7, 11) is 3.91. The van der Waals surface area contributed by atoms with E-state index < -0.39 is 36.7 Å². The number of carbonyl (C=O) groups is 2. The van der Waals surface area contributed by atoms with Crippen molar-refractivity contribution in [3.63, 3.8) is 0 Å². The number of amidine groups is 1. The van der Waals surface area contributed by atoms with Crippen LogP contribution in [0, 0.1) is 0 Å². The van der Waals surface area contributed by atoms with Crippen LogP contribution >= 0.6 is 11.3 Å². The first-order valence-corrected chi connectivity index (χ1v) is 15.6. The zero-order valence-corrected chi connectivity index (χ0v) is 27.0. The van der Waals surface area contributed by atoms with Gasteiger partial charge in [0.05, 0.1) is 17.0 Å². The Bertz CT molecular complexity index is 1330. The van der Waals surface area contributed by atoms with Gasteiger partial charge in [-0.1, -0.05) is 30.7 Å². The van der Waals surface area contributed by atoms with Crippen LogP contribution in [0.4, 0.5) is 23.7 Å². The molecule has 0 saturated carbocycles. The fraction of sp³-hybridized carbons (Fsp3) is 0.531. The number of halogens is 3. The second kappa shape index (κ2) is 15.6. The maximum absolute atomic E-state index is 13.7. The Kier molecular flexibility index (Phi) is 12.4. The number of fused-ring (bicyclic) bond motifs is 1. The number of hydrogen-bond donors (Lipinski definition) is 2. The van der Waals surface area contributed by atoms with Crippen LogP contribution in [0.25, 0.3) is 6.08 Å². The highest BCUT2D eigenvalue weighted by molar-refractivity contribution is 7.13. The summed E-state index contributed by atoms with van der Waals surface area (Å²) in [6.45, 7) is 6.30. The van der Waals surface area contributed by atoms with Gasteiger partial charge < -0.3 is 25.6 Å². The lowest BCUT2D eigenvalue weighted by molar-refractivity contribution is -0.144. The van der Waals surface area contributed by atoms with Crippen molar-refractivity contribution in [2.24, 2.45) is 10.7 Å². The number of ether oxygens (including phenoxy) is 1. The molecule has 3 N–H and O–H groups in total.